The summed E-state index contributed by atoms with van der Waals surface area (Å²) in [7, 11) is 1.97. The van der Waals surface area contributed by atoms with Crippen LogP contribution in [0.3, 0.4) is 0 Å². The van der Waals surface area contributed by atoms with Gasteiger partial charge >= 0.3 is 5.97 Å². The zero-order valence-corrected chi connectivity index (χ0v) is 43.8. The molecule has 3 aromatic rings. The van der Waals surface area contributed by atoms with Crippen molar-refractivity contribution in [2.45, 2.75) is 129 Å². The van der Waals surface area contributed by atoms with Crippen LogP contribution < -0.4 is 0 Å². The molecule has 1 N–H and O–H groups in total. The third-order valence-electron chi connectivity index (χ3n) is 10.7. The SMILES string of the molecule is C1CCOC1.CC(C)(C)[Si](C)(C)OCCc1ccc(Cl)cc1Br.CC(C)(C)[Si](C)(C)OCCc1ccc(Cl)cc1C=O.O=C(O)Cc1ccc(Cl)cc1Cl.[B]C1CCCO1. The number of carbonyl (C=O) groups excluding carboxylic acids is 1. The summed E-state index contributed by atoms with van der Waals surface area (Å²) in [6.07, 6.45) is 7.19. The highest BCUT2D eigenvalue weighted by Crippen LogP contribution is 2.37. The van der Waals surface area contributed by atoms with Crippen molar-refractivity contribution in [2.24, 2.45) is 0 Å². The molecule has 1 unspecified atom stereocenters. The molecule has 2 aliphatic rings. The molecule has 0 aromatic heterocycles. The predicted octanol–water partition coefficient (Wildman–Crippen LogP) is 14.1. The number of carboxylic acids is 1. The minimum atomic E-state index is -1.71. The van der Waals surface area contributed by atoms with Crippen LogP contribution in [0.1, 0.15) is 94.3 Å². The van der Waals surface area contributed by atoms with Crippen LogP contribution in [0, 0.1) is 0 Å². The zero-order valence-electron chi connectivity index (χ0n) is 37.2. The van der Waals surface area contributed by atoms with Gasteiger partial charge in [0.2, 0.25) is 0 Å². The Labute approximate surface area is 392 Å². The number of hydrogen-bond donors (Lipinski definition) is 1. The van der Waals surface area contributed by atoms with Gasteiger partial charge in [-0.25, -0.2) is 0 Å². The third kappa shape index (κ3) is 22.9. The summed E-state index contributed by atoms with van der Waals surface area (Å²) in [5, 5.41) is 11.2. The summed E-state index contributed by atoms with van der Waals surface area (Å²) < 4.78 is 23.2. The van der Waals surface area contributed by atoms with E-state index in [4.69, 9.17) is 77.7 Å². The molecule has 2 heterocycles. The fraction of sp³-hybridized carbons (Fsp3) is 0.556. The number of carboxylic acid groups (broad SMARTS) is 1. The molecule has 1 atom stereocenters. The fourth-order valence-electron chi connectivity index (χ4n) is 4.83. The van der Waals surface area contributed by atoms with Crippen molar-refractivity contribution in [3.8, 4) is 0 Å². The molecule has 60 heavy (non-hydrogen) atoms. The molecule has 7 nitrogen and oxygen atoms in total. The van der Waals surface area contributed by atoms with E-state index in [9.17, 15) is 9.59 Å². The summed E-state index contributed by atoms with van der Waals surface area (Å²) in [5.74, 6) is -0.903. The summed E-state index contributed by atoms with van der Waals surface area (Å²) in [6, 6.07) is 16.1. The van der Waals surface area contributed by atoms with Gasteiger partial charge in [-0.1, -0.05) is 122 Å². The van der Waals surface area contributed by atoms with Gasteiger partial charge in [-0.2, -0.15) is 0 Å². The lowest BCUT2D eigenvalue weighted by molar-refractivity contribution is -0.136. The van der Waals surface area contributed by atoms with E-state index in [1.54, 1.807) is 18.2 Å². The predicted molar refractivity (Wildman–Crippen MR) is 262 cm³/mol. The van der Waals surface area contributed by atoms with Crippen LogP contribution in [-0.2, 0) is 42.4 Å². The van der Waals surface area contributed by atoms with Crippen LogP contribution in [0.2, 0.25) is 56.4 Å². The van der Waals surface area contributed by atoms with Gasteiger partial charge in [0.15, 0.2) is 16.6 Å². The maximum Gasteiger partial charge on any atom is 0.307 e. The number of benzene rings is 3. The van der Waals surface area contributed by atoms with Crippen LogP contribution in [-0.4, -0.2) is 80.9 Å². The molecular weight excluding hydrogens is 941 g/mol. The van der Waals surface area contributed by atoms with E-state index in [0.717, 1.165) is 73.5 Å². The molecule has 2 aliphatic heterocycles. The summed E-state index contributed by atoms with van der Waals surface area (Å²) in [6.45, 7) is 26.8. The lowest BCUT2D eigenvalue weighted by Gasteiger charge is -2.36. The molecule has 334 valence electrons. The van der Waals surface area contributed by atoms with Gasteiger partial charge in [0.1, 0.15) is 14.1 Å². The molecular formula is C45H66BBrCl4O7Si2. The van der Waals surface area contributed by atoms with Crippen LogP contribution >= 0.6 is 62.3 Å². The Balaban J connectivity index is 0.000000403. The molecule has 15 heteroatoms. The second-order valence-corrected chi connectivity index (χ2v) is 29.8. The lowest BCUT2D eigenvalue weighted by atomic mass is 9.98. The van der Waals surface area contributed by atoms with Crippen LogP contribution in [0.5, 0.6) is 0 Å². The highest BCUT2D eigenvalue weighted by Gasteiger charge is 2.37. The lowest BCUT2D eigenvalue weighted by Crippen LogP contribution is -2.41. The van der Waals surface area contributed by atoms with E-state index in [1.807, 2.05) is 24.3 Å². The second kappa shape index (κ2) is 27.9. The Morgan fingerprint density at radius 3 is 1.60 bits per heavy atom. The maximum atomic E-state index is 11.0. The molecule has 0 amide bonds. The first-order valence-electron chi connectivity index (χ1n) is 20.4. The monoisotopic (exact) mass is 1000 g/mol. The number of rotatable bonds is 11. The second-order valence-electron chi connectivity index (χ2n) is 17.6. The van der Waals surface area contributed by atoms with Gasteiger partial charge in [0, 0.05) is 69.2 Å². The quantitative estimate of drug-likeness (QED) is 0.151. The van der Waals surface area contributed by atoms with Crippen molar-refractivity contribution >= 4 is 99.1 Å². The number of aldehydes is 1. The molecule has 2 fully saturated rings. The first-order chi connectivity index (χ1) is 27.8. The van der Waals surface area contributed by atoms with Crippen molar-refractivity contribution in [2.75, 3.05) is 33.0 Å². The number of hydrogen-bond acceptors (Lipinski definition) is 6. The van der Waals surface area contributed by atoms with E-state index in [-0.39, 0.29) is 22.5 Å². The molecule has 2 radical (unpaired) electrons. The number of aliphatic carboxylic acids is 1. The highest BCUT2D eigenvalue weighted by molar-refractivity contribution is 9.10. The minimum absolute atomic E-state index is 0.0463. The van der Waals surface area contributed by atoms with Gasteiger partial charge in [-0.05, 0) is 128 Å². The Morgan fingerprint density at radius 1 is 0.767 bits per heavy atom. The van der Waals surface area contributed by atoms with Crippen molar-refractivity contribution in [3.05, 3.63) is 101 Å². The third-order valence-corrected chi connectivity index (χ3v) is 21.6. The largest absolute Gasteiger partial charge is 0.481 e. The smallest absolute Gasteiger partial charge is 0.307 e. The molecule has 0 aliphatic carbocycles. The first kappa shape index (κ1) is 56.8. The highest BCUT2D eigenvalue weighted by atomic mass is 79.9. The summed E-state index contributed by atoms with van der Waals surface area (Å²) in [4.78, 5) is 21.3. The van der Waals surface area contributed by atoms with Gasteiger partial charge in [-0.15, -0.1) is 0 Å². The van der Waals surface area contributed by atoms with E-state index in [0.29, 0.717) is 32.8 Å². The molecule has 0 bridgehead atoms. The zero-order chi connectivity index (χ0) is 45.7. The Bertz CT molecular complexity index is 1740. The summed E-state index contributed by atoms with van der Waals surface area (Å²) >= 11 is 26.7. The van der Waals surface area contributed by atoms with Crippen molar-refractivity contribution in [1.82, 2.24) is 0 Å². The Kier molecular flexibility index (Phi) is 26.4. The number of carbonyl (C=O) groups is 2. The minimum Gasteiger partial charge on any atom is -0.481 e. The Hall–Kier alpha value is -1.22. The standard InChI is InChI=1S/C15H23ClO2Si.C14H22BrClOSi.C8H6Cl2O2.C4H7BO.C4H8O/c1-15(2,3)19(4,5)18-9-8-12-6-7-14(16)10-13(12)11-17;1-14(2,3)18(4,5)17-9-8-11-6-7-12(16)10-13(11)15;9-6-2-1-5(3-8(11)12)7(10)4-6;5-4-2-1-3-6-4;1-2-4-5-3-1/h6-7,10-11H,8-9H2,1-5H3;6-7,10H,8-9H2,1-5H3;1-2,4H,3H2,(H,11,12);4H,1-3H2;1-4H2. The van der Waals surface area contributed by atoms with Crippen molar-refractivity contribution in [3.63, 3.8) is 0 Å². The fourth-order valence-corrected chi connectivity index (χ4v) is 8.46. The van der Waals surface area contributed by atoms with Gasteiger partial charge < -0.3 is 23.4 Å². The molecule has 5 rings (SSSR count). The average Bonchev–Trinajstić information content (AvgIpc) is 3.89. The molecule has 3 aromatic carbocycles. The van der Waals surface area contributed by atoms with E-state index in [1.165, 1.54) is 24.5 Å². The summed E-state index contributed by atoms with van der Waals surface area (Å²) in [5.41, 5.74) is 3.48. The van der Waals surface area contributed by atoms with Gasteiger partial charge in [0.05, 0.1) is 6.42 Å². The average molecular weight is 1010 g/mol. The number of ether oxygens (including phenoxy) is 2. The van der Waals surface area contributed by atoms with Crippen LogP contribution in [0.4, 0.5) is 0 Å². The van der Waals surface area contributed by atoms with Crippen molar-refractivity contribution in [1.29, 1.82) is 0 Å². The van der Waals surface area contributed by atoms with Crippen LogP contribution in [0.15, 0.2) is 59.1 Å². The van der Waals surface area contributed by atoms with Gasteiger partial charge in [-0.3, -0.25) is 9.59 Å². The van der Waals surface area contributed by atoms with Crippen molar-refractivity contribution < 1.29 is 33.0 Å². The molecule has 2 saturated heterocycles. The number of halogens is 5. The normalized spacial score (nSPS) is 15.2. The van der Waals surface area contributed by atoms with E-state index < -0.39 is 22.6 Å². The first-order valence-corrected chi connectivity index (χ1v) is 28.5. The van der Waals surface area contributed by atoms with E-state index >= 15 is 0 Å². The van der Waals surface area contributed by atoms with E-state index in [2.05, 4.69) is 89.7 Å². The maximum absolute atomic E-state index is 11.0. The Morgan fingerprint density at radius 2 is 1.23 bits per heavy atom. The van der Waals surface area contributed by atoms with Gasteiger partial charge in [0.25, 0.3) is 0 Å². The molecule has 0 saturated carbocycles. The topological polar surface area (TPSA) is 91.3 Å². The van der Waals surface area contributed by atoms with Crippen LogP contribution in [0.25, 0.3) is 0 Å². The molecule has 0 spiro atoms.